The van der Waals surface area contributed by atoms with Crippen LogP contribution in [-0.4, -0.2) is 24.4 Å². The Morgan fingerprint density at radius 1 is 1.40 bits per heavy atom. The van der Waals surface area contributed by atoms with Crippen molar-refractivity contribution >= 4 is 0 Å². The molecule has 0 aromatic rings. The molecule has 0 saturated heterocycles. The smallest absolute Gasteiger partial charge is 0.0678 e. The van der Waals surface area contributed by atoms with Crippen molar-refractivity contribution in [3.63, 3.8) is 0 Å². The molecule has 0 heterocycles. The lowest BCUT2D eigenvalue weighted by Gasteiger charge is -2.19. The lowest BCUT2D eigenvalue weighted by atomic mass is 9.92. The minimum atomic E-state index is -0.122. The summed E-state index contributed by atoms with van der Waals surface area (Å²) in [6.07, 6.45) is 7.66. The maximum Gasteiger partial charge on any atom is 0.0678 e. The molecule has 88 valence electrons. The van der Waals surface area contributed by atoms with Crippen LogP contribution in [-0.2, 0) is 4.74 Å². The number of rotatable bonds is 5. The van der Waals surface area contributed by atoms with Gasteiger partial charge in [0.05, 0.1) is 19.3 Å². The normalized spacial score (nSPS) is 19.9. The number of ether oxygens (including phenoxy) is 1. The van der Waals surface area contributed by atoms with E-state index >= 15 is 0 Å². The Morgan fingerprint density at radius 3 is 2.53 bits per heavy atom. The third kappa shape index (κ3) is 4.80. The Labute approximate surface area is 93.3 Å². The first-order chi connectivity index (χ1) is 7.03. The molecule has 1 N–H and O–H groups in total. The average molecular weight is 212 g/mol. The van der Waals surface area contributed by atoms with E-state index in [4.69, 9.17) is 9.84 Å². The van der Waals surface area contributed by atoms with Gasteiger partial charge in [-0.15, -0.1) is 0 Å². The van der Waals surface area contributed by atoms with Crippen molar-refractivity contribution in [1.29, 1.82) is 0 Å². The van der Waals surface area contributed by atoms with E-state index < -0.39 is 0 Å². The van der Waals surface area contributed by atoms with Gasteiger partial charge in [0.15, 0.2) is 0 Å². The van der Waals surface area contributed by atoms with Crippen molar-refractivity contribution in [2.24, 2.45) is 5.41 Å². The summed E-state index contributed by atoms with van der Waals surface area (Å²) in [5.41, 5.74) is 1.10. The molecule has 0 unspecified atom stereocenters. The van der Waals surface area contributed by atoms with E-state index in [1.807, 2.05) is 13.8 Å². The van der Waals surface area contributed by atoms with Crippen LogP contribution in [0.15, 0.2) is 11.6 Å². The van der Waals surface area contributed by atoms with Crippen molar-refractivity contribution in [3.05, 3.63) is 11.6 Å². The monoisotopic (exact) mass is 212 g/mol. The second-order valence-electron chi connectivity index (χ2n) is 5.35. The van der Waals surface area contributed by atoms with Gasteiger partial charge in [-0.2, -0.15) is 0 Å². The van der Waals surface area contributed by atoms with E-state index in [2.05, 4.69) is 13.0 Å². The summed E-state index contributed by atoms with van der Waals surface area (Å²) in [5, 5.41) is 9.14. The first-order valence-electron chi connectivity index (χ1n) is 5.94. The number of aliphatic hydroxyl groups excluding tert-OH is 1. The maximum atomic E-state index is 9.14. The predicted molar refractivity (Wildman–Crippen MR) is 62.8 cm³/mol. The SMILES string of the molecule is C/C(=C\C(C)(C)CO)COC1CCCC1. The molecule has 1 saturated carbocycles. The lowest BCUT2D eigenvalue weighted by Crippen LogP contribution is -2.15. The van der Waals surface area contributed by atoms with Gasteiger partial charge in [0, 0.05) is 5.41 Å². The van der Waals surface area contributed by atoms with E-state index in [9.17, 15) is 0 Å². The fourth-order valence-corrected chi connectivity index (χ4v) is 2.06. The van der Waals surface area contributed by atoms with Crippen molar-refractivity contribution in [1.82, 2.24) is 0 Å². The van der Waals surface area contributed by atoms with E-state index in [1.54, 1.807) is 0 Å². The number of hydrogen-bond donors (Lipinski definition) is 1. The molecule has 0 amide bonds. The molecule has 1 fully saturated rings. The molecule has 1 aliphatic rings. The topological polar surface area (TPSA) is 29.5 Å². The molecule has 0 spiro atoms. The summed E-state index contributed by atoms with van der Waals surface area (Å²) in [4.78, 5) is 0. The van der Waals surface area contributed by atoms with Crippen LogP contribution in [0.3, 0.4) is 0 Å². The van der Waals surface area contributed by atoms with Gasteiger partial charge in [0.25, 0.3) is 0 Å². The van der Waals surface area contributed by atoms with Crippen LogP contribution < -0.4 is 0 Å². The van der Waals surface area contributed by atoms with E-state index in [1.165, 1.54) is 31.3 Å². The van der Waals surface area contributed by atoms with Gasteiger partial charge in [0.2, 0.25) is 0 Å². The lowest BCUT2D eigenvalue weighted by molar-refractivity contribution is 0.0744. The Kier molecular flexibility index (Phi) is 4.81. The van der Waals surface area contributed by atoms with Crippen LogP contribution in [0.4, 0.5) is 0 Å². The molecule has 2 heteroatoms. The zero-order valence-corrected chi connectivity index (χ0v) is 10.3. The zero-order valence-electron chi connectivity index (χ0n) is 10.3. The summed E-state index contributed by atoms with van der Waals surface area (Å²) in [7, 11) is 0. The highest BCUT2D eigenvalue weighted by molar-refractivity contribution is 5.05. The van der Waals surface area contributed by atoms with Gasteiger partial charge in [-0.1, -0.05) is 38.3 Å². The van der Waals surface area contributed by atoms with Gasteiger partial charge >= 0.3 is 0 Å². The minimum absolute atomic E-state index is 0.122. The highest BCUT2D eigenvalue weighted by Crippen LogP contribution is 2.22. The van der Waals surface area contributed by atoms with Crippen LogP contribution in [0.5, 0.6) is 0 Å². The van der Waals surface area contributed by atoms with Crippen LogP contribution in [0.25, 0.3) is 0 Å². The summed E-state index contributed by atoms with van der Waals surface area (Å²) in [6.45, 7) is 7.05. The molecule has 1 rings (SSSR count). The summed E-state index contributed by atoms with van der Waals surface area (Å²) in [5.74, 6) is 0. The molecule has 2 nitrogen and oxygen atoms in total. The fraction of sp³-hybridized carbons (Fsp3) is 0.846. The van der Waals surface area contributed by atoms with Gasteiger partial charge < -0.3 is 9.84 Å². The fourth-order valence-electron chi connectivity index (χ4n) is 2.06. The van der Waals surface area contributed by atoms with Crippen LogP contribution >= 0.6 is 0 Å². The molecular formula is C13H24O2. The van der Waals surface area contributed by atoms with Gasteiger partial charge in [-0.25, -0.2) is 0 Å². The highest BCUT2D eigenvalue weighted by Gasteiger charge is 2.16. The Hall–Kier alpha value is -0.340. The molecule has 1 aliphatic carbocycles. The molecule has 0 bridgehead atoms. The predicted octanol–water partition coefficient (Wildman–Crippen LogP) is 2.91. The molecule has 15 heavy (non-hydrogen) atoms. The summed E-state index contributed by atoms with van der Waals surface area (Å²) in [6, 6.07) is 0. The Balaban J connectivity index is 2.31. The first kappa shape index (κ1) is 12.7. The van der Waals surface area contributed by atoms with Crippen LogP contribution in [0.1, 0.15) is 46.5 Å². The van der Waals surface area contributed by atoms with E-state index in [-0.39, 0.29) is 12.0 Å². The Bertz CT molecular complexity index is 213. The van der Waals surface area contributed by atoms with Gasteiger partial charge in [-0.05, 0) is 19.8 Å². The number of aliphatic hydroxyl groups is 1. The summed E-state index contributed by atoms with van der Waals surface area (Å²) < 4.78 is 5.81. The van der Waals surface area contributed by atoms with Crippen LogP contribution in [0, 0.1) is 5.41 Å². The van der Waals surface area contributed by atoms with Gasteiger partial charge in [-0.3, -0.25) is 0 Å². The van der Waals surface area contributed by atoms with Crippen molar-refractivity contribution in [2.75, 3.05) is 13.2 Å². The summed E-state index contributed by atoms with van der Waals surface area (Å²) >= 11 is 0. The quantitative estimate of drug-likeness (QED) is 0.710. The van der Waals surface area contributed by atoms with Gasteiger partial charge in [0.1, 0.15) is 0 Å². The minimum Gasteiger partial charge on any atom is -0.395 e. The molecule has 0 aromatic carbocycles. The van der Waals surface area contributed by atoms with Crippen molar-refractivity contribution in [3.8, 4) is 0 Å². The standard InChI is InChI=1S/C13H24O2/c1-11(8-13(2,3)10-14)9-15-12-6-4-5-7-12/h8,12,14H,4-7,9-10H2,1-3H3/b11-8+. The average Bonchev–Trinajstić information content (AvgIpc) is 2.66. The third-order valence-electron chi connectivity index (χ3n) is 2.89. The second-order valence-corrected chi connectivity index (χ2v) is 5.35. The molecule has 0 atom stereocenters. The first-order valence-corrected chi connectivity index (χ1v) is 5.94. The van der Waals surface area contributed by atoms with Crippen LogP contribution in [0.2, 0.25) is 0 Å². The van der Waals surface area contributed by atoms with E-state index in [0.29, 0.717) is 12.7 Å². The Morgan fingerprint density at radius 2 is 2.00 bits per heavy atom. The molecule has 0 aliphatic heterocycles. The highest BCUT2D eigenvalue weighted by atomic mass is 16.5. The second kappa shape index (κ2) is 5.66. The zero-order chi connectivity index (χ0) is 11.3. The third-order valence-corrected chi connectivity index (χ3v) is 2.89. The van der Waals surface area contributed by atoms with Crippen molar-refractivity contribution < 1.29 is 9.84 Å². The molecule has 0 aromatic heterocycles. The molecule has 0 radical (unpaired) electrons. The number of hydrogen-bond acceptors (Lipinski definition) is 2. The largest absolute Gasteiger partial charge is 0.395 e. The van der Waals surface area contributed by atoms with E-state index in [0.717, 1.165) is 0 Å². The maximum absolute atomic E-state index is 9.14. The molecular weight excluding hydrogens is 188 g/mol. The van der Waals surface area contributed by atoms with Crippen molar-refractivity contribution in [2.45, 2.75) is 52.6 Å².